The molecule has 1 fully saturated rings. The Morgan fingerprint density at radius 3 is 2.42 bits per heavy atom. The summed E-state index contributed by atoms with van der Waals surface area (Å²) in [6.07, 6.45) is 1.85. The van der Waals surface area contributed by atoms with Crippen molar-refractivity contribution in [1.29, 1.82) is 0 Å². The molecular formula is C28H28N4S. The number of hydrogen-bond acceptors (Lipinski definition) is 2. The lowest BCUT2D eigenvalue weighted by molar-refractivity contribution is 0.563. The molecule has 1 aliphatic rings. The van der Waals surface area contributed by atoms with Crippen LogP contribution in [0.2, 0.25) is 0 Å². The molecule has 5 rings (SSSR count). The zero-order valence-corrected chi connectivity index (χ0v) is 20.0. The maximum atomic E-state index is 5.89. The minimum absolute atomic E-state index is 0.00456. The summed E-state index contributed by atoms with van der Waals surface area (Å²) in [5.74, 6) is 0. The maximum Gasteiger partial charge on any atom is 0.174 e. The van der Waals surface area contributed by atoms with Crippen molar-refractivity contribution in [3.8, 4) is 0 Å². The van der Waals surface area contributed by atoms with E-state index in [0.717, 1.165) is 23.0 Å². The predicted molar refractivity (Wildman–Crippen MR) is 139 cm³/mol. The summed E-state index contributed by atoms with van der Waals surface area (Å²) < 4.78 is 2.40. The van der Waals surface area contributed by atoms with Crippen LogP contribution in [0.3, 0.4) is 0 Å². The lowest BCUT2D eigenvalue weighted by Crippen LogP contribution is -2.29. The van der Waals surface area contributed by atoms with Gasteiger partial charge in [0, 0.05) is 29.8 Å². The fraction of sp³-hybridized carbons (Fsp3) is 0.214. The first-order valence-corrected chi connectivity index (χ1v) is 11.7. The molecule has 0 amide bonds. The highest BCUT2D eigenvalue weighted by Gasteiger charge is 2.42. The lowest BCUT2D eigenvalue weighted by Gasteiger charge is -2.28. The summed E-state index contributed by atoms with van der Waals surface area (Å²) in [5.41, 5.74) is 8.37. The van der Waals surface area contributed by atoms with Gasteiger partial charge in [-0.2, -0.15) is 0 Å². The van der Waals surface area contributed by atoms with E-state index in [0.29, 0.717) is 0 Å². The van der Waals surface area contributed by atoms with Crippen LogP contribution in [0.5, 0.6) is 0 Å². The van der Waals surface area contributed by atoms with Crippen molar-refractivity contribution in [2.24, 2.45) is 0 Å². The first-order chi connectivity index (χ1) is 16.0. The van der Waals surface area contributed by atoms with Crippen molar-refractivity contribution in [2.45, 2.75) is 39.4 Å². The third-order valence-corrected chi connectivity index (χ3v) is 6.81. The average molecular weight is 453 g/mol. The molecule has 4 aromatic rings. The summed E-state index contributed by atoms with van der Waals surface area (Å²) >= 11 is 5.89. The molecule has 166 valence electrons. The van der Waals surface area contributed by atoms with Crippen LogP contribution >= 0.6 is 12.2 Å². The fourth-order valence-corrected chi connectivity index (χ4v) is 5.21. The number of benzene rings is 2. The van der Waals surface area contributed by atoms with E-state index in [1.54, 1.807) is 0 Å². The maximum absolute atomic E-state index is 5.89. The molecule has 1 aliphatic heterocycles. The van der Waals surface area contributed by atoms with Gasteiger partial charge in [0.05, 0.1) is 17.8 Å². The van der Waals surface area contributed by atoms with Gasteiger partial charge in [0.1, 0.15) is 0 Å². The van der Waals surface area contributed by atoms with E-state index in [1.165, 1.54) is 28.1 Å². The highest BCUT2D eigenvalue weighted by Crippen LogP contribution is 2.43. The monoisotopic (exact) mass is 452 g/mol. The van der Waals surface area contributed by atoms with Crippen LogP contribution in [0.1, 0.15) is 45.9 Å². The Kier molecular flexibility index (Phi) is 5.73. The summed E-state index contributed by atoms with van der Waals surface area (Å²) in [6, 6.07) is 27.5. The highest BCUT2D eigenvalue weighted by molar-refractivity contribution is 7.80. The van der Waals surface area contributed by atoms with Crippen molar-refractivity contribution in [3.05, 3.63) is 119 Å². The smallest absolute Gasteiger partial charge is 0.174 e. The van der Waals surface area contributed by atoms with Gasteiger partial charge in [-0.15, -0.1) is 0 Å². The molecule has 2 aromatic carbocycles. The zero-order chi connectivity index (χ0) is 22.9. The van der Waals surface area contributed by atoms with E-state index in [1.807, 2.05) is 18.3 Å². The molecular weight excluding hydrogens is 424 g/mol. The third kappa shape index (κ3) is 4.05. The van der Waals surface area contributed by atoms with E-state index in [9.17, 15) is 0 Å². The quantitative estimate of drug-likeness (QED) is 0.375. The number of hydrogen-bond donors (Lipinski definition) is 1. The summed E-state index contributed by atoms with van der Waals surface area (Å²) in [7, 11) is 0. The Morgan fingerprint density at radius 2 is 1.70 bits per heavy atom. The molecule has 0 radical (unpaired) electrons. The fourth-order valence-electron chi connectivity index (χ4n) is 4.86. The van der Waals surface area contributed by atoms with Crippen LogP contribution < -0.4 is 10.2 Å². The van der Waals surface area contributed by atoms with Crippen LogP contribution in [-0.4, -0.2) is 14.7 Å². The number of nitrogens with zero attached hydrogens (tertiary/aromatic N) is 3. The second-order valence-electron chi connectivity index (χ2n) is 8.73. The van der Waals surface area contributed by atoms with Crippen LogP contribution in [0.4, 0.5) is 5.69 Å². The molecule has 4 nitrogen and oxygen atoms in total. The van der Waals surface area contributed by atoms with Crippen LogP contribution in [0, 0.1) is 20.8 Å². The van der Waals surface area contributed by atoms with Crippen LogP contribution in [-0.2, 0) is 6.54 Å². The zero-order valence-electron chi connectivity index (χ0n) is 19.2. The van der Waals surface area contributed by atoms with Crippen molar-refractivity contribution in [2.75, 3.05) is 4.90 Å². The molecule has 0 saturated carbocycles. The summed E-state index contributed by atoms with van der Waals surface area (Å²) in [6.45, 7) is 7.37. The Bertz CT molecular complexity index is 1280. The number of pyridine rings is 1. The van der Waals surface area contributed by atoms with E-state index < -0.39 is 0 Å². The Labute approximate surface area is 200 Å². The third-order valence-electron chi connectivity index (χ3n) is 6.49. The first kappa shape index (κ1) is 21.4. The van der Waals surface area contributed by atoms with Crippen molar-refractivity contribution >= 4 is 23.0 Å². The Balaban J connectivity index is 1.63. The van der Waals surface area contributed by atoms with E-state index in [-0.39, 0.29) is 12.1 Å². The van der Waals surface area contributed by atoms with Gasteiger partial charge in [0.25, 0.3) is 0 Å². The largest absolute Gasteiger partial charge is 0.351 e. The molecule has 5 heteroatoms. The number of anilines is 1. The molecule has 2 aromatic heterocycles. The van der Waals surface area contributed by atoms with Gasteiger partial charge in [0.15, 0.2) is 5.11 Å². The molecule has 2 atom stereocenters. The van der Waals surface area contributed by atoms with Gasteiger partial charge in [0.2, 0.25) is 0 Å². The molecule has 0 bridgehead atoms. The van der Waals surface area contributed by atoms with Gasteiger partial charge in [-0.1, -0.05) is 48.5 Å². The van der Waals surface area contributed by atoms with Crippen molar-refractivity contribution < 1.29 is 0 Å². The standard InChI is InChI=1S/C28H28N4S/c1-19-10-9-13-23(16-19)32-27(26(30-28(32)33)25-14-7-8-15-29-25)24-17-20(2)31(21(24)3)18-22-11-5-4-6-12-22/h4-17,26-27H,18H2,1-3H3,(H,30,33)/t26-,27-/m0/s1. The van der Waals surface area contributed by atoms with Crippen LogP contribution in [0.15, 0.2) is 85.1 Å². The topological polar surface area (TPSA) is 33.1 Å². The predicted octanol–water partition coefficient (Wildman–Crippen LogP) is 6.03. The second-order valence-corrected chi connectivity index (χ2v) is 9.12. The molecule has 1 N–H and O–H groups in total. The van der Waals surface area contributed by atoms with Gasteiger partial charge in [-0.25, -0.2) is 0 Å². The van der Waals surface area contributed by atoms with Crippen LogP contribution in [0.25, 0.3) is 0 Å². The average Bonchev–Trinajstić information content (AvgIpc) is 3.31. The SMILES string of the molecule is Cc1cccc(N2C(=S)N[C@@H](c3ccccn3)[C@@H]2c2cc(C)n(Cc3ccccc3)c2C)c1. The molecule has 0 unspecified atom stereocenters. The van der Waals surface area contributed by atoms with E-state index in [4.69, 9.17) is 12.2 Å². The molecule has 33 heavy (non-hydrogen) atoms. The van der Waals surface area contributed by atoms with Gasteiger partial charge in [-0.3, -0.25) is 4.98 Å². The summed E-state index contributed by atoms with van der Waals surface area (Å²) in [5, 5.41) is 4.31. The summed E-state index contributed by atoms with van der Waals surface area (Å²) in [4.78, 5) is 6.95. The normalized spacial score (nSPS) is 17.9. The molecule has 0 aliphatic carbocycles. The first-order valence-electron chi connectivity index (χ1n) is 11.3. The second kappa shape index (κ2) is 8.83. The van der Waals surface area contributed by atoms with E-state index in [2.05, 4.69) is 107 Å². The number of aryl methyl sites for hydroxylation is 2. The molecule has 1 saturated heterocycles. The number of rotatable bonds is 5. The Hall–Kier alpha value is -3.44. The lowest BCUT2D eigenvalue weighted by atomic mass is 9.96. The number of thiocarbonyl (C=S) groups is 1. The molecule has 3 heterocycles. The van der Waals surface area contributed by atoms with Gasteiger partial charge >= 0.3 is 0 Å². The Morgan fingerprint density at radius 1 is 0.909 bits per heavy atom. The highest BCUT2D eigenvalue weighted by atomic mass is 32.1. The van der Waals surface area contributed by atoms with Crippen molar-refractivity contribution in [1.82, 2.24) is 14.9 Å². The number of nitrogens with one attached hydrogen (secondary N) is 1. The minimum Gasteiger partial charge on any atom is -0.351 e. The van der Waals surface area contributed by atoms with Gasteiger partial charge < -0.3 is 14.8 Å². The minimum atomic E-state index is -0.0371. The van der Waals surface area contributed by atoms with Gasteiger partial charge in [-0.05, 0) is 80.0 Å². The van der Waals surface area contributed by atoms with E-state index >= 15 is 0 Å². The van der Waals surface area contributed by atoms with Crippen molar-refractivity contribution in [3.63, 3.8) is 0 Å². The molecule has 0 spiro atoms. The number of aromatic nitrogens is 2.